The van der Waals surface area contributed by atoms with Crippen molar-refractivity contribution in [1.82, 2.24) is 0 Å². The lowest BCUT2D eigenvalue weighted by molar-refractivity contribution is 0.861. The average molecular weight is 187 g/mol. The van der Waals surface area contributed by atoms with Gasteiger partial charge in [-0.25, -0.2) is 0 Å². The molecule has 0 nitrogen and oxygen atoms in total. The van der Waals surface area contributed by atoms with Gasteiger partial charge in [0.2, 0.25) is 0 Å². The second-order valence-electron chi connectivity index (χ2n) is 3.46. The van der Waals surface area contributed by atoms with Gasteiger partial charge in [0.1, 0.15) is 0 Å². The fraction of sp³-hybridized carbons (Fsp3) is 0.429. The number of hydrogen-bond donors (Lipinski definition) is 0. The standard InChI is InChI=1S/C14H19/c1-2-4-6-8-10-12-14-13-11-9-7-5-3-1/h1-2,5,7-8,10-11H,3-4,6,12-14H2/b2-1-,7-5-,10-8-,11-9?. The third-order valence-electron chi connectivity index (χ3n) is 2.16. The molecule has 1 rings (SSSR count). The van der Waals surface area contributed by atoms with Gasteiger partial charge in [0.15, 0.2) is 0 Å². The highest BCUT2D eigenvalue weighted by Crippen LogP contribution is 2.01. The van der Waals surface area contributed by atoms with E-state index < -0.39 is 0 Å². The Kier molecular flexibility index (Phi) is 6.74. The molecule has 0 saturated heterocycles. The van der Waals surface area contributed by atoms with Crippen LogP contribution >= 0.6 is 0 Å². The molecule has 1 aliphatic carbocycles. The smallest absolute Gasteiger partial charge is 0.0166 e. The van der Waals surface area contributed by atoms with Crippen molar-refractivity contribution in [2.45, 2.75) is 38.5 Å². The molecular weight excluding hydrogens is 168 g/mol. The first-order valence-electron chi connectivity index (χ1n) is 5.53. The van der Waals surface area contributed by atoms with E-state index in [0.29, 0.717) is 0 Å². The van der Waals surface area contributed by atoms with Gasteiger partial charge < -0.3 is 0 Å². The molecule has 1 aliphatic rings. The third-order valence-corrected chi connectivity index (χ3v) is 2.16. The van der Waals surface area contributed by atoms with Crippen LogP contribution in [-0.4, -0.2) is 0 Å². The molecule has 0 fully saturated rings. The molecule has 0 bridgehead atoms. The summed E-state index contributed by atoms with van der Waals surface area (Å²) in [7, 11) is 0. The summed E-state index contributed by atoms with van der Waals surface area (Å²) in [6, 6.07) is 0. The van der Waals surface area contributed by atoms with Gasteiger partial charge in [-0.3, -0.25) is 0 Å². The van der Waals surface area contributed by atoms with Crippen molar-refractivity contribution >= 4 is 0 Å². The van der Waals surface area contributed by atoms with Gasteiger partial charge in [-0.05, 0) is 44.6 Å². The lowest BCUT2D eigenvalue weighted by Crippen LogP contribution is -1.71. The SMILES string of the molecule is [C]1=C/CCC/C=C\CC/C=C\C\C=C/1. The fourth-order valence-electron chi connectivity index (χ4n) is 1.35. The van der Waals surface area contributed by atoms with Crippen molar-refractivity contribution in [2.24, 2.45) is 0 Å². The van der Waals surface area contributed by atoms with E-state index in [2.05, 4.69) is 42.5 Å². The Bertz CT molecular complexity index is 228. The molecule has 0 spiro atoms. The van der Waals surface area contributed by atoms with Crippen LogP contribution in [-0.2, 0) is 0 Å². The van der Waals surface area contributed by atoms with Crippen LogP contribution in [0.5, 0.6) is 0 Å². The molecular formula is C14H19. The molecule has 75 valence electrons. The summed E-state index contributed by atoms with van der Waals surface area (Å²) in [6.07, 6.45) is 25.5. The molecule has 0 aromatic rings. The van der Waals surface area contributed by atoms with Crippen LogP contribution < -0.4 is 0 Å². The van der Waals surface area contributed by atoms with Crippen LogP contribution in [0.4, 0.5) is 0 Å². The second-order valence-corrected chi connectivity index (χ2v) is 3.46. The highest BCUT2D eigenvalue weighted by Gasteiger charge is 1.82. The van der Waals surface area contributed by atoms with Crippen molar-refractivity contribution in [1.29, 1.82) is 0 Å². The molecule has 0 heterocycles. The molecule has 0 aromatic carbocycles. The summed E-state index contributed by atoms with van der Waals surface area (Å²) in [4.78, 5) is 0. The van der Waals surface area contributed by atoms with Gasteiger partial charge in [0, 0.05) is 0 Å². The first-order valence-corrected chi connectivity index (χ1v) is 5.53. The second kappa shape index (κ2) is 8.55. The number of allylic oxidation sites excluding steroid dienone is 8. The van der Waals surface area contributed by atoms with E-state index >= 15 is 0 Å². The monoisotopic (exact) mass is 187 g/mol. The first-order chi connectivity index (χ1) is 7.00. The van der Waals surface area contributed by atoms with Crippen LogP contribution in [0.15, 0.2) is 42.5 Å². The summed E-state index contributed by atoms with van der Waals surface area (Å²) in [6.45, 7) is 0. The fourth-order valence-corrected chi connectivity index (χ4v) is 1.35. The van der Waals surface area contributed by atoms with Crippen LogP contribution in [0.25, 0.3) is 0 Å². The van der Waals surface area contributed by atoms with Gasteiger partial charge in [-0.2, -0.15) is 0 Å². The van der Waals surface area contributed by atoms with Gasteiger partial charge in [0.25, 0.3) is 0 Å². The summed E-state index contributed by atoms with van der Waals surface area (Å²) in [5.41, 5.74) is 0. The van der Waals surface area contributed by atoms with Crippen LogP contribution in [0, 0.1) is 6.08 Å². The Morgan fingerprint density at radius 2 is 1.50 bits per heavy atom. The minimum absolute atomic E-state index is 1.03. The molecule has 0 N–H and O–H groups in total. The lowest BCUT2D eigenvalue weighted by Gasteiger charge is -1.91. The zero-order chi connectivity index (χ0) is 9.90. The molecule has 14 heavy (non-hydrogen) atoms. The Balaban J connectivity index is 2.34. The first kappa shape index (κ1) is 11.0. The number of hydrogen-bond acceptors (Lipinski definition) is 0. The van der Waals surface area contributed by atoms with Crippen molar-refractivity contribution in [3.63, 3.8) is 0 Å². The Hall–Kier alpha value is -1.04. The van der Waals surface area contributed by atoms with E-state index in [1.807, 2.05) is 6.08 Å². The molecule has 0 aliphatic heterocycles. The van der Waals surface area contributed by atoms with E-state index in [1.165, 1.54) is 25.7 Å². The van der Waals surface area contributed by atoms with Gasteiger partial charge >= 0.3 is 0 Å². The van der Waals surface area contributed by atoms with Crippen molar-refractivity contribution in [2.75, 3.05) is 0 Å². The van der Waals surface area contributed by atoms with E-state index in [1.54, 1.807) is 0 Å². The predicted molar refractivity (Wildman–Crippen MR) is 62.9 cm³/mol. The molecule has 0 amide bonds. The predicted octanol–water partition coefficient (Wildman–Crippen LogP) is 4.37. The topological polar surface area (TPSA) is 0 Å². The van der Waals surface area contributed by atoms with E-state index in [-0.39, 0.29) is 0 Å². The third kappa shape index (κ3) is 6.47. The lowest BCUT2D eigenvalue weighted by atomic mass is 10.2. The summed E-state index contributed by atoms with van der Waals surface area (Å²) < 4.78 is 0. The van der Waals surface area contributed by atoms with Gasteiger partial charge in [0.05, 0.1) is 0 Å². The highest BCUT2D eigenvalue weighted by atomic mass is 13.9. The average Bonchev–Trinajstić information content (AvgIpc) is 2.22. The minimum Gasteiger partial charge on any atom is -0.0885 e. The summed E-state index contributed by atoms with van der Waals surface area (Å²) in [5, 5.41) is 0. The molecule has 0 saturated carbocycles. The summed E-state index contributed by atoms with van der Waals surface area (Å²) >= 11 is 0. The maximum Gasteiger partial charge on any atom is -0.0166 e. The molecule has 0 atom stereocenters. The quantitative estimate of drug-likeness (QED) is 0.494. The molecule has 1 radical (unpaired) electrons. The van der Waals surface area contributed by atoms with Crippen molar-refractivity contribution in [3.8, 4) is 0 Å². The van der Waals surface area contributed by atoms with Gasteiger partial charge in [-0.15, -0.1) is 0 Å². The largest absolute Gasteiger partial charge is 0.0885 e. The Labute approximate surface area is 87.7 Å². The highest BCUT2D eigenvalue weighted by molar-refractivity contribution is 5.00. The van der Waals surface area contributed by atoms with E-state index in [4.69, 9.17) is 0 Å². The Morgan fingerprint density at radius 3 is 2.43 bits per heavy atom. The summed E-state index contributed by atoms with van der Waals surface area (Å²) in [5.74, 6) is 0. The van der Waals surface area contributed by atoms with Gasteiger partial charge in [-0.1, -0.05) is 42.5 Å². The van der Waals surface area contributed by atoms with Crippen LogP contribution in [0.1, 0.15) is 38.5 Å². The van der Waals surface area contributed by atoms with Crippen LogP contribution in [0.2, 0.25) is 0 Å². The van der Waals surface area contributed by atoms with E-state index in [0.717, 1.165) is 12.8 Å². The van der Waals surface area contributed by atoms with E-state index in [9.17, 15) is 0 Å². The molecule has 0 aromatic heterocycles. The zero-order valence-electron chi connectivity index (χ0n) is 8.78. The minimum atomic E-state index is 1.03. The molecule has 0 heteroatoms. The Morgan fingerprint density at radius 1 is 0.714 bits per heavy atom. The maximum atomic E-state index is 3.18. The molecule has 0 unspecified atom stereocenters. The van der Waals surface area contributed by atoms with Crippen molar-refractivity contribution in [3.05, 3.63) is 48.6 Å². The van der Waals surface area contributed by atoms with Crippen LogP contribution in [0.3, 0.4) is 0 Å². The van der Waals surface area contributed by atoms with Crippen molar-refractivity contribution < 1.29 is 0 Å². The zero-order valence-corrected chi connectivity index (χ0v) is 8.78. The number of rotatable bonds is 0. The normalized spacial score (nSPS) is 28.6. The maximum absolute atomic E-state index is 3.18.